The summed E-state index contributed by atoms with van der Waals surface area (Å²) in [4.78, 5) is 36.3. The summed E-state index contributed by atoms with van der Waals surface area (Å²) in [5.74, 6) is -1.46. The highest BCUT2D eigenvalue weighted by atomic mass is 16.6. The first-order valence-electron chi connectivity index (χ1n) is 7.28. The molecule has 0 unspecified atom stereocenters. The van der Waals surface area contributed by atoms with E-state index < -0.39 is 36.2 Å². The molecule has 0 aromatic carbocycles. The smallest absolute Gasteiger partial charge is 0.303 e. The van der Waals surface area contributed by atoms with Crippen molar-refractivity contribution >= 4 is 17.9 Å². The molecule has 3 heterocycles. The maximum Gasteiger partial charge on any atom is 0.303 e. The van der Waals surface area contributed by atoms with Gasteiger partial charge in [0, 0.05) is 33.9 Å². The molecule has 8 nitrogen and oxygen atoms in total. The minimum Gasteiger partial charge on any atom is -0.457 e. The second kappa shape index (κ2) is 5.51. The molecule has 0 spiro atoms. The topological polar surface area (TPSA) is 94.7 Å². The van der Waals surface area contributed by atoms with Crippen LogP contribution in [0.3, 0.4) is 0 Å². The summed E-state index contributed by atoms with van der Waals surface area (Å²) in [6.07, 6.45) is -2.12. The number of hydrogen-bond donors (Lipinski definition) is 0. The van der Waals surface area contributed by atoms with Crippen LogP contribution in [0.2, 0.25) is 0 Å². The number of nitrogens with zero attached hydrogens (tertiary/aromatic N) is 1. The Morgan fingerprint density at radius 2 is 1.50 bits per heavy atom. The molecule has 122 valence electrons. The quantitative estimate of drug-likeness (QED) is 0.381. The lowest BCUT2D eigenvalue weighted by Crippen LogP contribution is -2.64. The summed E-state index contributed by atoms with van der Waals surface area (Å²) in [5.41, 5.74) is 0. The number of rotatable bonds is 3. The lowest BCUT2D eigenvalue weighted by Gasteiger charge is -2.44. The van der Waals surface area contributed by atoms with Crippen LogP contribution in [0.5, 0.6) is 0 Å². The first-order chi connectivity index (χ1) is 10.4. The average molecular weight is 313 g/mol. The molecular formula is C14H19NO7. The summed E-state index contributed by atoms with van der Waals surface area (Å²) in [6, 6.07) is -0.176. The van der Waals surface area contributed by atoms with Crippen molar-refractivity contribution in [2.24, 2.45) is 0 Å². The Balaban J connectivity index is 1.87. The number of ether oxygens (including phenoxy) is 4. The number of carbonyl (C=O) groups excluding carboxylic acids is 3. The molecule has 0 aromatic rings. The molecule has 0 saturated carbocycles. The van der Waals surface area contributed by atoms with Gasteiger partial charge in [0.2, 0.25) is 0 Å². The van der Waals surface area contributed by atoms with Crippen molar-refractivity contribution in [1.82, 2.24) is 4.90 Å². The fourth-order valence-corrected chi connectivity index (χ4v) is 3.48. The Morgan fingerprint density at radius 3 is 2.09 bits per heavy atom. The molecule has 6 atom stereocenters. The van der Waals surface area contributed by atoms with Gasteiger partial charge in [0.05, 0.1) is 12.1 Å². The molecule has 3 aliphatic heterocycles. The van der Waals surface area contributed by atoms with Crippen molar-refractivity contribution in [2.45, 2.75) is 57.3 Å². The highest BCUT2D eigenvalue weighted by Gasteiger charge is 2.63. The maximum absolute atomic E-state index is 11.5. The predicted octanol–water partition coefficient (Wildman–Crippen LogP) is -0.753. The van der Waals surface area contributed by atoms with E-state index in [1.54, 1.807) is 0 Å². The van der Waals surface area contributed by atoms with Gasteiger partial charge in [-0.3, -0.25) is 19.3 Å². The van der Waals surface area contributed by atoms with Crippen LogP contribution in [0.1, 0.15) is 20.8 Å². The van der Waals surface area contributed by atoms with E-state index in [0.717, 1.165) is 0 Å². The van der Waals surface area contributed by atoms with Crippen molar-refractivity contribution in [1.29, 1.82) is 0 Å². The number of epoxide rings is 1. The maximum atomic E-state index is 11.5. The van der Waals surface area contributed by atoms with E-state index >= 15 is 0 Å². The van der Waals surface area contributed by atoms with Crippen molar-refractivity contribution in [3.8, 4) is 0 Å². The molecule has 0 aromatic heterocycles. The molecule has 3 rings (SSSR count). The van der Waals surface area contributed by atoms with E-state index in [4.69, 9.17) is 18.9 Å². The lowest BCUT2D eigenvalue weighted by atomic mass is 9.93. The van der Waals surface area contributed by atoms with E-state index in [1.165, 1.54) is 20.8 Å². The van der Waals surface area contributed by atoms with E-state index in [9.17, 15) is 14.4 Å². The molecular weight excluding hydrogens is 294 g/mol. The second-order valence-electron chi connectivity index (χ2n) is 5.88. The highest BCUT2D eigenvalue weighted by molar-refractivity contribution is 5.68. The third-order valence-electron chi connectivity index (χ3n) is 4.16. The largest absolute Gasteiger partial charge is 0.457 e. The van der Waals surface area contributed by atoms with Gasteiger partial charge in [-0.05, 0) is 0 Å². The molecule has 8 heteroatoms. The van der Waals surface area contributed by atoms with Crippen molar-refractivity contribution < 1.29 is 33.3 Å². The van der Waals surface area contributed by atoms with Crippen LogP contribution in [-0.4, -0.2) is 72.5 Å². The van der Waals surface area contributed by atoms with Gasteiger partial charge in [0.25, 0.3) is 0 Å². The normalized spacial score (nSPS) is 39.4. The Bertz CT molecular complexity index is 507. The van der Waals surface area contributed by atoms with Crippen LogP contribution < -0.4 is 0 Å². The Morgan fingerprint density at radius 1 is 0.909 bits per heavy atom. The molecule has 3 fully saturated rings. The van der Waals surface area contributed by atoms with Crippen LogP contribution in [0.15, 0.2) is 0 Å². The summed E-state index contributed by atoms with van der Waals surface area (Å²) < 4.78 is 21.5. The number of esters is 3. The highest BCUT2D eigenvalue weighted by Crippen LogP contribution is 2.43. The van der Waals surface area contributed by atoms with E-state index in [0.29, 0.717) is 13.1 Å². The number of hydrogen-bond acceptors (Lipinski definition) is 8. The zero-order valence-electron chi connectivity index (χ0n) is 12.7. The molecule has 3 saturated heterocycles. The third-order valence-corrected chi connectivity index (χ3v) is 4.16. The molecule has 0 N–H and O–H groups in total. The van der Waals surface area contributed by atoms with Crippen LogP contribution in [-0.2, 0) is 33.3 Å². The zero-order chi connectivity index (χ0) is 16.0. The van der Waals surface area contributed by atoms with Gasteiger partial charge in [0.15, 0.2) is 18.3 Å². The third kappa shape index (κ3) is 2.80. The monoisotopic (exact) mass is 313 g/mol. The van der Waals surface area contributed by atoms with Crippen molar-refractivity contribution in [3.05, 3.63) is 0 Å². The second-order valence-corrected chi connectivity index (χ2v) is 5.88. The number of carbonyl (C=O) groups is 3. The van der Waals surface area contributed by atoms with Gasteiger partial charge < -0.3 is 18.9 Å². The minimum atomic E-state index is -0.825. The summed E-state index contributed by atoms with van der Waals surface area (Å²) in [6.45, 7) is 4.98. The van der Waals surface area contributed by atoms with Gasteiger partial charge >= 0.3 is 17.9 Å². The Labute approximate surface area is 127 Å². The molecule has 0 bridgehead atoms. The average Bonchev–Trinajstić information content (AvgIpc) is 3.03. The standard InChI is InChI=1S/C14H19NO7/c1-6(16)19-10-5-15-4-9-12(22-9)11(15)14(21-8(3)18)13(10)20-7(2)17/h9-14H,4-5H2,1-3H3/t9-,10-,11+,12-,13-,14+/m0/s1. The van der Waals surface area contributed by atoms with E-state index in [1.807, 2.05) is 0 Å². The predicted molar refractivity (Wildman–Crippen MR) is 70.7 cm³/mol. The van der Waals surface area contributed by atoms with Gasteiger partial charge in [-0.1, -0.05) is 0 Å². The van der Waals surface area contributed by atoms with Gasteiger partial charge in [-0.15, -0.1) is 0 Å². The number of piperidine rings is 1. The van der Waals surface area contributed by atoms with Gasteiger partial charge in [-0.2, -0.15) is 0 Å². The molecule has 0 radical (unpaired) electrons. The van der Waals surface area contributed by atoms with Crippen molar-refractivity contribution in [2.75, 3.05) is 13.1 Å². The first kappa shape index (κ1) is 15.2. The first-order valence-corrected chi connectivity index (χ1v) is 7.28. The fraction of sp³-hybridized carbons (Fsp3) is 0.786. The van der Waals surface area contributed by atoms with Crippen LogP contribution in [0.25, 0.3) is 0 Å². The molecule has 0 aliphatic carbocycles. The molecule has 22 heavy (non-hydrogen) atoms. The van der Waals surface area contributed by atoms with Gasteiger partial charge in [-0.25, -0.2) is 0 Å². The molecule has 3 aliphatic rings. The summed E-state index contributed by atoms with van der Waals surface area (Å²) in [5, 5.41) is 0. The minimum absolute atomic E-state index is 0.0271. The summed E-state index contributed by atoms with van der Waals surface area (Å²) in [7, 11) is 0. The SMILES string of the molecule is CC(=O)O[C@@H]1[C@H](OC(C)=O)[C@H]2[C@H]3O[C@H]3CN2C[C@@H]1OC(C)=O. The Hall–Kier alpha value is -1.67. The van der Waals surface area contributed by atoms with Gasteiger partial charge in [0.1, 0.15) is 6.10 Å². The zero-order valence-corrected chi connectivity index (χ0v) is 12.7. The number of morpholine rings is 1. The lowest BCUT2D eigenvalue weighted by molar-refractivity contribution is -0.204. The number of fused-ring (bicyclic) bond motifs is 3. The fourth-order valence-electron chi connectivity index (χ4n) is 3.48. The van der Waals surface area contributed by atoms with Crippen LogP contribution in [0.4, 0.5) is 0 Å². The van der Waals surface area contributed by atoms with E-state index in [-0.39, 0.29) is 18.2 Å². The van der Waals surface area contributed by atoms with Crippen molar-refractivity contribution in [3.63, 3.8) is 0 Å². The molecule has 0 amide bonds. The van der Waals surface area contributed by atoms with Crippen LogP contribution >= 0.6 is 0 Å². The van der Waals surface area contributed by atoms with Crippen LogP contribution in [0, 0.1) is 0 Å². The Kier molecular flexibility index (Phi) is 3.82. The van der Waals surface area contributed by atoms with E-state index in [2.05, 4.69) is 4.90 Å². The summed E-state index contributed by atoms with van der Waals surface area (Å²) >= 11 is 0.